The van der Waals surface area contributed by atoms with Crippen LogP contribution >= 0.6 is 0 Å². The second-order valence-corrected chi connectivity index (χ2v) is 8.33. The number of carbonyl (C=O) groups excluding carboxylic acids is 1. The maximum absolute atomic E-state index is 13.6. The largest absolute Gasteiger partial charge is 0.493 e. The van der Waals surface area contributed by atoms with Gasteiger partial charge in [0.25, 0.3) is 5.91 Å². The molecule has 172 valence electrons. The Hall–Kier alpha value is -4.06. The smallest absolute Gasteiger partial charge is 0.291 e. The van der Waals surface area contributed by atoms with E-state index >= 15 is 0 Å². The third-order valence-electron chi connectivity index (χ3n) is 6.15. The molecule has 5 rings (SSSR count). The Morgan fingerprint density at radius 3 is 2.47 bits per heavy atom. The maximum Gasteiger partial charge on any atom is 0.291 e. The standard InChI is InChI=1S/C28H25NO5/c1-4-33-22-14-13-19(15-23(22)32-3)25-24-26(30)20-7-5-6-8-21(20)34-27(24)28(31)29(25)16-18-11-9-17(2)10-12-18/h5-15,25H,4,16H2,1-3H3. The summed E-state index contributed by atoms with van der Waals surface area (Å²) in [5.41, 5.74) is 3.40. The quantitative estimate of drug-likeness (QED) is 0.397. The van der Waals surface area contributed by atoms with Gasteiger partial charge in [0.1, 0.15) is 5.58 Å². The zero-order chi connectivity index (χ0) is 23.8. The number of nitrogens with zero attached hydrogens (tertiary/aromatic N) is 1. The van der Waals surface area contributed by atoms with Gasteiger partial charge in [-0.15, -0.1) is 0 Å². The molecule has 1 amide bonds. The van der Waals surface area contributed by atoms with Crippen molar-refractivity contribution in [2.24, 2.45) is 0 Å². The van der Waals surface area contributed by atoms with Crippen LogP contribution < -0.4 is 14.9 Å². The molecule has 1 unspecified atom stereocenters. The molecule has 0 N–H and O–H groups in total. The van der Waals surface area contributed by atoms with Crippen molar-refractivity contribution >= 4 is 16.9 Å². The minimum Gasteiger partial charge on any atom is -0.493 e. The summed E-state index contributed by atoms with van der Waals surface area (Å²) in [4.78, 5) is 28.9. The first-order chi connectivity index (χ1) is 16.5. The normalized spacial score (nSPS) is 15.0. The zero-order valence-electron chi connectivity index (χ0n) is 19.3. The number of carbonyl (C=O) groups is 1. The molecule has 0 fully saturated rings. The molecular weight excluding hydrogens is 430 g/mol. The predicted molar refractivity (Wildman–Crippen MR) is 130 cm³/mol. The Kier molecular flexibility index (Phi) is 5.57. The lowest BCUT2D eigenvalue weighted by Gasteiger charge is -2.26. The van der Waals surface area contributed by atoms with Gasteiger partial charge in [-0.3, -0.25) is 9.59 Å². The summed E-state index contributed by atoms with van der Waals surface area (Å²) < 4.78 is 17.2. The van der Waals surface area contributed by atoms with E-state index in [-0.39, 0.29) is 17.1 Å². The second kappa shape index (κ2) is 8.71. The Morgan fingerprint density at radius 1 is 0.971 bits per heavy atom. The van der Waals surface area contributed by atoms with Crippen molar-refractivity contribution in [3.8, 4) is 11.5 Å². The lowest BCUT2D eigenvalue weighted by Crippen LogP contribution is -2.29. The molecule has 0 bridgehead atoms. The summed E-state index contributed by atoms with van der Waals surface area (Å²) in [6, 6.07) is 19.9. The highest BCUT2D eigenvalue weighted by Gasteiger charge is 2.43. The first-order valence-corrected chi connectivity index (χ1v) is 11.2. The topological polar surface area (TPSA) is 69.0 Å². The van der Waals surface area contributed by atoms with Crippen molar-refractivity contribution in [1.29, 1.82) is 0 Å². The SMILES string of the molecule is CCOc1ccc(C2c3c(oc4ccccc4c3=O)C(=O)N2Cc2ccc(C)cc2)cc1OC. The van der Waals surface area contributed by atoms with E-state index in [0.29, 0.717) is 41.2 Å². The van der Waals surface area contributed by atoms with Crippen LogP contribution in [0.3, 0.4) is 0 Å². The third kappa shape index (κ3) is 3.61. The van der Waals surface area contributed by atoms with Crippen molar-refractivity contribution in [2.45, 2.75) is 26.4 Å². The van der Waals surface area contributed by atoms with Crippen molar-refractivity contribution in [3.05, 3.63) is 105 Å². The summed E-state index contributed by atoms with van der Waals surface area (Å²) in [6.07, 6.45) is 0. The van der Waals surface area contributed by atoms with E-state index < -0.39 is 6.04 Å². The molecule has 1 aliphatic heterocycles. The molecule has 0 saturated heterocycles. The van der Waals surface area contributed by atoms with Crippen molar-refractivity contribution < 1.29 is 18.7 Å². The average Bonchev–Trinajstić information content (AvgIpc) is 3.13. The number of hydrogen-bond donors (Lipinski definition) is 0. The first-order valence-electron chi connectivity index (χ1n) is 11.2. The monoisotopic (exact) mass is 455 g/mol. The van der Waals surface area contributed by atoms with Gasteiger partial charge in [-0.05, 0) is 49.2 Å². The molecule has 0 saturated carbocycles. The highest BCUT2D eigenvalue weighted by atomic mass is 16.5. The second-order valence-electron chi connectivity index (χ2n) is 8.33. The fourth-order valence-corrected chi connectivity index (χ4v) is 4.50. The summed E-state index contributed by atoms with van der Waals surface area (Å²) in [5.74, 6) is 0.930. The molecule has 2 heterocycles. The minimum atomic E-state index is -0.616. The number of aryl methyl sites for hydroxylation is 1. The summed E-state index contributed by atoms with van der Waals surface area (Å²) in [7, 11) is 1.57. The molecule has 1 atom stereocenters. The van der Waals surface area contributed by atoms with E-state index in [1.807, 2.05) is 56.3 Å². The van der Waals surface area contributed by atoms with Crippen molar-refractivity contribution in [2.75, 3.05) is 13.7 Å². The number of hydrogen-bond acceptors (Lipinski definition) is 5. The van der Waals surface area contributed by atoms with Gasteiger partial charge in [0, 0.05) is 6.54 Å². The summed E-state index contributed by atoms with van der Waals surface area (Å²) >= 11 is 0. The summed E-state index contributed by atoms with van der Waals surface area (Å²) in [6.45, 7) is 4.75. The van der Waals surface area contributed by atoms with E-state index in [2.05, 4.69) is 0 Å². The van der Waals surface area contributed by atoms with Crippen LogP contribution in [0.15, 0.2) is 75.9 Å². The molecular formula is C28H25NO5. The first kappa shape index (κ1) is 21.8. The summed E-state index contributed by atoms with van der Waals surface area (Å²) in [5, 5.41) is 0.453. The van der Waals surface area contributed by atoms with Gasteiger partial charge in [0.2, 0.25) is 5.76 Å². The number of benzene rings is 3. The Bertz CT molecular complexity index is 1440. The number of ether oxygens (including phenoxy) is 2. The van der Waals surface area contributed by atoms with Gasteiger partial charge < -0.3 is 18.8 Å². The van der Waals surface area contributed by atoms with Crippen LogP contribution in [0.1, 0.15) is 45.8 Å². The molecule has 6 nitrogen and oxygen atoms in total. The average molecular weight is 456 g/mol. The number of rotatable bonds is 6. The highest BCUT2D eigenvalue weighted by Crippen LogP contribution is 2.41. The molecule has 0 spiro atoms. The molecule has 4 aromatic rings. The van der Waals surface area contributed by atoms with Crippen LogP contribution in [-0.4, -0.2) is 24.5 Å². The van der Waals surface area contributed by atoms with Crippen LogP contribution in [0.4, 0.5) is 0 Å². The molecule has 1 aromatic heterocycles. The molecule has 6 heteroatoms. The maximum atomic E-state index is 13.6. The van der Waals surface area contributed by atoms with Crippen molar-refractivity contribution in [3.63, 3.8) is 0 Å². The molecule has 0 aliphatic carbocycles. The molecule has 3 aromatic carbocycles. The van der Waals surface area contributed by atoms with Crippen LogP contribution in [0.5, 0.6) is 11.5 Å². The molecule has 0 radical (unpaired) electrons. The van der Waals surface area contributed by atoms with Gasteiger partial charge >= 0.3 is 0 Å². The van der Waals surface area contributed by atoms with Crippen molar-refractivity contribution in [1.82, 2.24) is 4.90 Å². The predicted octanol–water partition coefficient (Wildman–Crippen LogP) is 5.25. The highest BCUT2D eigenvalue weighted by molar-refractivity contribution is 5.99. The van der Waals surface area contributed by atoms with E-state index in [4.69, 9.17) is 13.9 Å². The fraction of sp³-hybridized carbons (Fsp3) is 0.214. The van der Waals surface area contributed by atoms with E-state index in [9.17, 15) is 9.59 Å². The van der Waals surface area contributed by atoms with Crippen LogP contribution in [-0.2, 0) is 6.54 Å². The van der Waals surface area contributed by atoms with Gasteiger partial charge in [0.05, 0.1) is 30.7 Å². The van der Waals surface area contributed by atoms with Crippen LogP contribution in [0.2, 0.25) is 0 Å². The third-order valence-corrected chi connectivity index (χ3v) is 6.15. The molecule has 1 aliphatic rings. The van der Waals surface area contributed by atoms with E-state index in [1.54, 1.807) is 36.3 Å². The number of methoxy groups -OCH3 is 1. The van der Waals surface area contributed by atoms with E-state index in [0.717, 1.165) is 16.7 Å². The number of amides is 1. The molecule has 34 heavy (non-hydrogen) atoms. The van der Waals surface area contributed by atoms with Crippen LogP contribution in [0, 0.1) is 6.92 Å². The Labute approximate surface area is 197 Å². The zero-order valence-corrected chi connectivity index (χ0v) is 19.3. The number of fused-ring (bicyclic) bond motifs is 2. The van der Waals surface area contributed by atoms with E-state index in [1.165, 1.54) is 0 Å². The number of para-hydroxylation sites is 1. The van der Waals surface area contributed by atoms with Gasteiger partial charge in [-0.1, -0.05) is 48.0 Å². The minimum absolute atomic E-state index is 0.0914. The fourth-order valence-electron chi connectivity index (χ4n) is 4.50. The van der Waals surface area contributed by atoms with Crippen LogP contribution in [0.25, 0.3) is 11.0 Å². The Morgan fingerprint density at radius 2 is 1.74 bits per heavy atom. The Balaban J connectivity index is 1.70. The van der Waals surface area contributed by atoms with Gasteiger partial charge in [0.15, 0.2) is 16.9 Å². The van der Waals surface area contributed by atoms with Gasteiger partial charge in [-0.25, -0.2) is 0 Å². The lowest BCUT2D eigenvalue weighted by molar-refractivity contribution is 0.0714. The van der Waals surface area contributed by atoms with Gasteiger partial charge in [-0.2, -0.15) is 0 Å². The lowest BCUT2D eigenvalue weighted by atomic mass is 9.97.